The standard InChI is InChI=1S/C16H27NO2/c1-2-15(13-6-4-3-5-7-13)17-16(19)11-12-8-9-14(18)10-12/h12-13,15H,2-11H2,1H3,(H,17,19). The fourth-order valence-electron chi connectivity index (χ4n) is 3.68. The van der Waals surface area contributed by atoms with Gasteiger partial charge in [0.1, 0.15) is 5.78 Å². The van der Waals surface area contributed by atoms with Gasteiger partial charge in [-0.15, -0.1) is 0 Å². The van der Waals surface area contributed by atoms with Gasteiger partial charge in [-0.2, -0.15) is 0 Å². The summed E-state index contributed by atoms with van der Waals surface area (Å²) < 4.78 is 0. The maximum Gasteiger partial charge on any atom is 0.220 e. The molecule has 0 aliphatic heterocycles. The lowest BCUT2D eigenvalue weighted by molar-refractivity contribution is -0.123. The SMILES string of the molecule is CCC(NC(=O)CC1CCC(=O)C1)C1CCCCC1. The molecule has 1 N–H and O–H groups in total. The molecular formula is C16H27NO2. The number of hydrogen-bond acceptors (Lipinski definition) is 2. The molecule has 0 radical (unpaired) electrons. The Morgan fingerprint density at radius 3 is 2.58 bits per heavy atom. The molecule has 3 heteroatoms. The van der Waals surface area contributed by atoms with Gasteiger partial charge in [-0.05, 0) is 37.5 Å². The van der Waals surface area contributed by atoms with E-state index >= 15 is 0 Å². The Hall–Kier alpha value is -0.860. The molecule has 0 aromatic carbocycles. The van der Waals surface area contributed by atoms with Gasteiger partial charge in [0.2, 0.25) is 5.91 Å². The zero-order valence-corrected chi connectivity index (χ0v) is 12.1. The average Bonchev–Trinajstić information content (AvgIpc) is 2.82. The lowest BCUT2D eigenvalue weighted by Crippen LogP contribution is -2.41. The molecule has 2 aliphatic rings. The minimum Gasteiger partial charge on any atom is -0.353 e. The highest BCUT2D eigenvalue weighted by Crippen LogP contribution is 2.28. The minimum atomic E-state index is 0.164. The van der Waals surface area contributed by atoms with Crippen molar-refractivity contribution in [2.24, 2.45) is 11.8 Å². The number of Topliss-reactive ketones (excluding diaryl/α,β-unsaturated/α-hetero) is 1. The molecule has 2 fully saturated rings. The van der Waals surface area contributed by atoms with Gasteiger partial charge < -0.3 is 5.32 Å². The van der Waals surface area contributed by atoms with Crippen LogP contribution in [0.2, 0.25) is 0 Å². The summed E-state index contributed by atoms with van der Waals surface area (Å²) in [6.07, 6.45) is 10.3. The summed E-state index contributed by atoms with van der Waals surface area (Å²) in [4.78, 5) is 23.3. The summed E-state index contributed by atoms with van der Waals surface area (Å²) >= 11 is 0. The summed E-state index contributed by atoms with van der Waals surface area (Å²) in [7, 11) is 0. The van der Waals surface area contributed by atoms with Crippen molar-refractivity contribution >= 4 is 11.7 Å². The number of hydrogen-bond donors (Lipinski definition) is 1. The Morgan fingerprint density at radius 2 is 2.00 bits per heavy atom. The first-order valence-corrected chi connectivity index (χ1v) is 8.00. The van der Waals surface area contributed by atoms with E-state index in [9.17, 15) is 9.59 Å². The van der Waals surface area contributed by atoms with E-state index < -0.39 is 0 Å². The molecule has 0 saturated heterocycles. The summed E-state index contributed by atoms with van der Waals surface area (Å²) in [5.41, 5.74) is 0. The van der Waals surface area contributed by atoms with Crippen molar-refractivity contribution < 1.29 is 9.59 Å². The third-order valence-corrected chi connectivity index (χ3v) is 4.83. The largest absolute Gasteiger partial charge is 0.353 e. The highest BCUT2D eigenvalue weighted by Gasteiger charge is 2.27. The second-order valence-electron chi connectivity index (χ2n) is 6.33. The van der Waals surface area contributed by atoms with E-state index in [0.29, 0.717) is 42.9 Å². The third-order valence-electron chi connectivity index (χ3n) is 4.83. The van der Waals surface area contributed by atoms with Gasteiger partial charge in [-0.25, -0.2) is 0 Å². The van der Waals surface area contributed by atoms with Crippen molar-refractivity contribution in [2.45, 2.75) is 77.2 Å². The Kier molecular flexibility index (Phi) is 5.41. The molecule has 1 amide bonds. The summed E-state index contributed by atoms with van der Waals surface area (Å²) in [6, 6.07) is 0.352. The minimum absolute atomic E-state index is 0.164. The van der Waals surface area contributed by atoms with Gasteiger partial charge in [0.25, 0.3) is 0 Å². The number of carbonyl (C=O) groups is 2. The van der Waals surface area contributed by atoms with E-state index in [4.69, 9.17) is 0 Å². The zero-order valence-electron chi connectivity index (χ0n) is 12.1. The predicted octanol–water partition coefficient (Wildman–Crippen LogP) is 3.22. The maximum absolute atomic E-state index is 12.1. The van der Waals surface area contributed by atoms with Crippen LogP contribution in [0.25, 0.3) is 0 Å². The normalized spacial score (nSPS) is 26.4. The van der Waals surface area contributed by atoms with Gasteiger partial charge in [0.15, 0.2) is 0 Å². The first-order valence-electron chi connectivity index (χ1n) is 8.00. The Bertz CT molecular complexity index is 321. The van der Waals surface area contributed by atoms with Crippen molar-refractivity contribution in [3.63, 3.8) is 0 Å². The average molecular weight is 265 g/mol. The number of rotatable bonds is 5. The molecule has 2 rings (SSSR count). The summed E-state index contributed by atoms with van der Waals surface area (Å²) in [6.45, 7) is 2.17. The molecule has 2 saturated carbocycles. The van der Waals surface area contributed by atoms with E-state index in [-0.39, 0.29) is 5.91 Å². The van der Waals surface area contributed by atoms with Crippen molar-refractivity contribution in [3.05, 3.63) is 0 Å². The van der Waals surface area contributed by atoms with Crippen LogP contribution in [0.5, 0.6) is 0 Å². The molecule has 2 unspecified atom stereocenters. The lowest BCUT2D eigenvalue weighted by Gasteiger charge is -2.30. The molecule has 0 aromatic rings. The number of carbonyl (C=O) groups excluding carboxylic acids is 2. The molecule has 108 valence electrons. The topological polar surface area (TPSA) is 46.2 Å². The van der Waals surface area contributed by atoms with E-state index in [1.54, 1.807) is 0 Å². The monoisotopic (exact) mass is 265 g/mol. The van der Waals surface area contributed by atoms with Gasteiger partial charge in [0.05, 0.1) is 0 Å². The second-order valence-corrected chi connectivity index (χ2v) is 6.33. The van der Waals surface area contributed by atoms with Crippen molar-refractivity contribution in [1.82, 2.24) is 5.32 Å². The highest BCUT2D eigenvalue weighted by atomic mass is 16.1. The highest BCUT2D eigenvalue weighted by molar-refractivity contribution is 5.83. The van der Waals surface area contributed by atoms with Crippen LogP contribution in [0.15, 0.2) is 0 Å². The summed E-state index contributed by atoms with van der Waals surface area (Å²) in [5, 5.41) is 3.23. The number of ketones is 1. The quantitative estimate of drug-likeness (QED) is 0.829. The maximum atomic E-state index is 12.1. The smallest absolute Gasteiger partial charge is 0.220 e. The molecule has 3 nitrogen and oxygen atoms in total. The van der Waals surface area contributed by atoms with E-state index in [0.717, 1.165) is 12.8 Å². The predicted molar refractivity (Wildman–Crippen MR) is 75.8 cm³/mol. The molecule has 2 atom stereocenters. The fourth-order valence-corrected chi connectivity index (χ4v) is 3.68. The van der Waals surface area contributed by atoms with Gasteiger partial charge >= 0.3 is 0 Å². The zero-order chi connectivity index (χ0) is 13.7. The fraction of sp³-hybridized carbons (Fsp3) is 0.875. The lowest BCUT2D eigenvalue weighted by atomic mass is 9.83. The van der Waals surface area contributed by atoms with E-state index in [1.807, 2.05) is 0 Å². The van der Waals surface area contributed by atoms with Crippen LogP contribution in [-0.4, -0.2) is 17.7 Å². The van der Waals surface area contributed by atoms with Crippen LogP contribution in [0.3, 0.4) is 0 Å². The molecular weight excluding hydrogens is 238 g/mol. The Labute approximate surface area is 116 Å². The van der Waals surface area contributed by atoms with Crippen LogP contribution in [-0.2, 0) is 9.59 Å². The Balaban J connectivity index is 1.77. The van der Waals surface area contributed by atoms with Crippen molar-refractivity contribution in [2.75, 3.05) is 0 Å². The van der Waals surface area contributed by atoms with E-state index in [2.05, 4.69) is 12.2 Å². The van der Waals surface area contributed by atoms with Gasteiger partial charge in [-0.1, -0.05) is 26.2 Å². The van der Waals surface area contributed by atoms with Crippen LogP contribution in [0.1, 0.15) is 71.1 Å². The summed E-state index contributed by atoms with van der Waals surface area (Å²) in [5.74, 6) is 1.47. The molecule has 19 heavy (non-hydrogen) atoms. The third kappa shape index (κ3) is 4.32. The van der Waals surface area contributed by atoms with Crippen molar-refractivity contribution in [1.29, 1.82) is 0 Å². The second kappa shape index (κ2) is 7.06. The van der Waals surface area contributed by atoms with Crippen molar-refractivity contribution in [3.8, 4) is 0 Å². The number of amides is 1. The number of nitrogens with one attached hydrogen (secondary N) is 1. The van der Waals surface area contributed by atoms with Crippen LogP contribution < -0.4 is 5.32 Å². The first-order chi connectivity index (χ1) is 9.19. The molecule has 0 bridgehead atoms. The van der Waals surface area contributed by atoms with Crippen LogP contribution in [0.4, 0.5) is 0 Å². The first kappa shape index (κ1) is 14.5. The molecule has 0 spiro atoms. The van der Waals surface area contributed by atoms with Crippen LogP contribution in [0, 0.1) is 11.8 Å². The Morgan fingerprint density at radius 1 is 1.26 bits per heavy atom. The van der Waals surface area contributed by atoms with Crippen LogP contribution >= 0.6 is 0 Å². The van der Waals surface area contributed by atoms with Gasteiger partial charge in [-0.3, -0.25) is 9.59 Å². The molecule has 0 aromatic heterocycles. The van der Waals surface area contributed by atoms with Gasteiger partial charge in [0, 0.05) is 25.3 Å². The molecule has 0 heterocycles. The molecule has 2 aliphatic carbocycles. The van der Waals surface area contributed by atoms with E-state index in [1.165, 1.54) is 32.1 Å².